The summed E-state index contributed by atoms with van der Waals surface area (Å²) in [5, 5.41) is 17.8. The molecule has 2 aliphatic rings. The number of thiophene rings is 1. The van der Waals surface area contributed by atoms with Crippen LogP contribution in [0.15, 0.2) is 12.4 Å². The molecule has 0 unspecified atom stereocenters. The standard InChI is InChI=1S/C23H30N6O3S/c1-28(2)15-5-7-16(8-6-15)32-21-20-19-13(10-18(30)31)4-9-17(19)33-22(20)27-23(26-21)25-14-11-24-29(3)12-14/h11-13,15-16H,4-10H2,1-3H3,(H,30,31)(H,25,26,27)/t13-,15-,16-/m0/s1. The maximum absolute atomic E-state index is 11.5. The van der Waals surface area contributed by atoms with Crippen LogP contribution in [-0.4, -0.2) is 62.0 Å². The molecule has 3 aromatic heterocycles. The molecular formula is C23H30N6O3S. The van der Waals surface area contributed by atoms with E-state index in [4.69, 9.17) is 14.7 Å². The molecule has 0 bridgehead atoms. The summed E-state index contributed by atoms with van der Waals surface area (Å²) in [7, 11) is 6.13. The fourth-order valence-corrected chi connectivity index (χ4v) is 6.37. The SMILES string of the molecule is Cn1cc(Nc2nc(O[C@H]3CC[C@H](N(C)C)CC3)c3c4c(sc3n2)CC[C@H]4CC(=O)O)cn1. The maximum Gasteiger partial charge on any atom is 0.303 e. The number of ether oxygens (including phenoxy) is 1. The van der Waals surface area contributed by atoms with Crippen molar-refractivity contribution < 1.29 is 14.6 Å². The zero-order valence-electron chi connectivity index (χ0n) is 19.2. The minimum absolute atomic E-state index is 0.0150. The molecule has 0 aliphatic heterocycles. The summed E-state index contributed by atoms with van der Waals surface area (Å²) in [5.41, 5.74) is 1.89. The largest absolute Gasteiger partial charge is 0.481 e. The second-order valence-corrected chi connectivity index (χ2v) is 10.4. The second-order valence-electron chi connectivity index (χ2n) is 9.34. The van der Waals surface area contributed by atoms with Crippen LogP contribution in [0.3, 0.4) is 0 Å². The van der Waals surface area contributed by atoms with Crippen LogP contribution in [-0.2, 0) is 18.3 Å². The Morgan fingerprint density at radius 3 is 2.73 bits per heavy atom. The van der Waals surface area contributed by atoms with E-state index in [0.29, 0.717) is 17.9 Å². The van der Waals surface area contributed by atoms with Crippen LogP contribution in [0, 0.1) is 0 Å². The predicted molar refractivity (Wildman–Crippen MR) is 128 cm³/mol. The van der Waals surface area contributed by atoms with E-state index in [9.17, 15) is 9.90 Å². The molecule has 33 heavy (non-hydrogen) atoms. The molecule has 176 valence electrons. The van der Waals surface area contributed by atoms with Crippen LogP contribution in [0.4, 0.5) is 11.6 Å². The number of anilines is 2. The molecule has 0 radical (unpaired) electrons. The number of hydrogen-bond donors (Lipinski definition) is 2. The van der Waals surface area contributed by atoms with Crippen LogP contribution < -0.4 is 10.1 Å². The molecule has 0 spiro atoms. The smallest absolute Gasteiger partial charge is 0.303 e. The van der Waals surface area contributed by atoms with Crippen LogP contribution in [0.5, 0.6) is 5.88 Å². The molecule has 3 heterocycles. The zero-order chi connectivity index (χ0) is 23.1. The van der Waals surface area contributed by atoms with Gasteiger partial charge in [-0.3, -0.25) is 9.48 Å². The van der Waals surface area contributed by atoms with Crippen molar-refractivity contribution in [2.75, 3.05) is 19.4 Å². The fourth-order valence-electron chi connectivity index (χ4n) is 5.11. The molecule has 1 saturated carbocycles. The lowest BCUT2D eigenvalue weighted by atomic mass is 9.92. The molecule has 0 saturated heterocycles. The van der Waals surface area contributed by atoms with Gasteiger partial charge in [-0.05, 0) is 64.1 Å². The maximum atomic E-state index is 11.5. The van der Waals surface area contributed by atoms with Crippen molar-refractivity contribution in [2.45, 2.75) is 63.0 Å². The van der Waals surface area contributed by atoms with Gasteiger partial charge < -0.3 is 20.1 Å². The average molecular weight is 471 g/mol. The third kappa shape index (κ3) is 4.54. The van der Waals surface area contributed by atoms with Crippen molar-refractivity contribution in [1.82, 2.24) is 24.6 Å². The van der Waals surface area contributed by atoms with Gasteiger partial charge in [0, 0.05) is 24.2 Å². The highest BCUT2D eigenvalue weighted by molar-refractivity contribution is 7.19. The number of hydrogen-bond acceptors (Lipinski definition) is 8. The molecule has 1 fully saturated rings. The van der Waals surface area contributed by atoms with Gasteiger partial charge >= 0.3 is 5.97 Å². The monoisotopic (exact) mass is 470 g/mol. The van der Waals surface area contributed by atoms with Gasteiger partial charge in [-0.1, -0.05) is 0 Å². The lowest BCUT2D eigenvalue weighted by Gasteiger charge is -2.32. The van der Waals surface area contributed by atoms with Crippen LogP contribution >= 0.6 is 11.3 Å². The molecule has 0 aromatic carbocycles. The first-order chi connectivity index (χ1) is 15.9. The predicted octanol–water partition coefficient (Wildman–Crippen LogP) is 3.92. The highest BCUT2D eigenvalue weighted by Gasteiger charge is 2.33. The van der Waals surface area contributed by atoms with Crippen molar-refractivity contribution in [2.24, 2.45) is 7.05 Å². The average Bonchev–Trinajstić information content (AvgIpc) is 3.44. The molecule has 9 nitrogen and oxygen atoms in total. The Morgan fingerprint density at radius 2 is 2.06 bits per heavy atom. The van der Waals surface area contributed by atoms with E-state index >= 15 is 0 Å². The van der Waals surface area contributed by atoms with E-state index in [1.165, 1.54) is 4.88 Å². The second kappa shape index (κ2) is 8.90. The first kappa shape index (κ1) is 22.1. The molecule has 10 heteroatoms. The Balaban J connectivity index is 1.50. The summed E-state index contributed by atoms with van der Waals surface area (Å²) in [5.74, 6) is 0.267. The minimum Gasteiger partial charge on any atom is -0.481 e. The van der Waals surface area contributed by atoms with Crippen molar-refractivity contribution in [3.8, 4) is 5.88 Å². The number of carboxylic acid groups (broad SMARTS) is 1. The number of fused-ring (bicyclic) bond motifs is 3. The third-order valence-corrected chi connectivity index (χ3v) is 7.95. The van der Waals surface area contributed by atoms with Crippen molar-refractivity contribution in [3.63, 3.8) is 0 Å². The number of nitrogens with one attached hydrogen (secondary N) is 1. The fraction of sp³-hybridized carbons (Fsp3) is 0.565. The van der Waals surface area contributed by atoms with Gasteiger partial charge in [0.2, 0.25) is 11.8 Å². The first-order valence-electron chi connectivity index (χ1n) is 11.5. The van der Waals surface area contributed by atoms with E-state index in [1.807, 2.05) is 13.2 Å². The van der Waals surface area contributed by atoms with E-state index in [1.54, 1.807) is 22.2 Å². The Labute approximate surface area is 196 Å². The lowest BCUT2D eigenvalue weighted by molar-refractivity contribution is -0.137. The Morgan fingerprint density at radius 1 is 1.27 bits per heavy atom. The molecule has 1 atom stereocenters. The molecule has 5 rings (SSSR count). The van der Waals surface area contributed by atoms with E-state index < -0.39 is 5.97 Å². The van der Waals surface area contributed by atoms with E-state index in [-0.39, 0.29) is 18.4 Å². The van der Waals surface area contributed by atoms with E-state index in [0.717, 1.165) is 60.0 Å². The number of nitrogens with zero attached hydrogens (tertiary/aromatic N) is 5. The van der Waals surface area contributed by atoms with Gasteiger partial charge in [-0.25, -0.2) is 4.98 Å². The summed E-state index contributed by atoms with van der Waals surface area (Å²) >= 11 is 1.64. The Kier molecular flexibility index (Phi) is 5.96. The van der Waals surface area contributed by atoms with Crippen molar-refractivity contribution in [1.29, 1.82) is 0 Å². The Bertz CT molecular complexity index is 1160. The van der Waals surface area contributed by atoms with Gasteiger partial charge in [-0.15, -0.1) is 11.3 Å². The van der Waals surface area contributed by atoms with Gasteiger partial charge in [0.25, 0.3) is 0 Å². The van der Waals surface area contributed by atoms with Crippen molar-refractivity contribution >= 4 is 39.2 Å². The molecule has 2 aliphatic carbocycles. The van der Waals surface area contributed by atoms with Crippen molar-refractivity contribution in [3.05, 3.63) is 22.8 Å². The van der Waals surface area contributed by atoms with Gasteiger partial charge in [0.05, 0.1) is 23.7 Å². The molecule has 2 N–H and O–H groups in total. The highest BCUT2D eigenvalue weighted by Crippen LogP contribution is 2.48. The van der Waals surface area contributed by atoms with Crippen LogP contribution in [0.1, 0.15) is 54.9 Å². The Hall–Kier alpha value is -2.72. The summed E-state index contributed by atoms with van der Waals surface area (Å²) in [6.07, 6.45) is 9.70. The highest BCUT2D eigenvalue weighted by atomic mass is 32.1. The normalized spacial score (nSPS) is 22.6. The molecular weight excluding hydrogens is 440 g/mol. The topological polar surface area (TPSA) is 105 Å². The summed E-state index contributed by atoms with van der Waals surface area (Å²) in [6, 6.07) is 0.586. The minimum atomic E-state index is -0.771. The number of carboxylic acids is 1. The quantitative estimate of drug-likeness (QED) is 0.535. The summed E-state index contributed by atoms with van der Waals surface area (Å²) < 4.78 is 8.27. The van der Waals surface area contributed by atoms with Gasteiger partial charge in [0.15, 0.2) is 0 Å². The number of aliphatic carboxylic acids is 1. The first-order valence-corrected chi connectivity index (χ1v) is 12.3. The van der Waals surface area contributed by atoms with Gasteiger partial charge in [-0.2, -0.15) is 10.1 Å². The van der Waals surface area contributed by atoms with Crippen LogP contribution in [0.2, 0.25) is 0 Å². The van der Waals surface area contributed by atoms with E-state index in [2.05, 4.69) is 29.4 Å². The number of aryl methyl sites for hydroxylation is 2. The summed E-state index contributed by atoms with van der Waals surface area (Å²) in [4.78, 5) is 25.4. The molecule has 0 amide bonds. The summed E-state index contributed by atoms with van der Waals surface area (Å²) in [6.45, 7) is 0. The number of aromatic nitrogens is 4. The number of carbonyl (C=O) groups is 1. The van der Waals surface area contributed by atoms with Crippen LogP contribution in [0.25, 0.3) is 10.2 Å². The zero-order valence-corrected chi connectivity index (χ0v) is 20.1. The molecule has 3 aromatic rings. The lowest BCUT2D eigenvalue weighted by Crippen LogP contribution is -2.35. The third-order valence-electron chi connectivity index (χ3n) is 6.79. The number of rotatable bonds is 7. The van der Waals surface area contributed by atoms with Gasteiger partial charge in [0.1, 0.15) is 10.9 Å².